The van der Waals surface area contributed by atoms with Crippen LogP contribution in [0.5, 0.6) is 0 Å². The van der Waals surface area contributed by atoms with E-state index in [9.17, 15) is 24.5 Å². The summed E-state index contributed by atoms with van der Waals surface area (Å²) in [5.41, 5.74) is 3.95. The van der Waals surface area contributed by atoms with Crippen molar-refractivity contribution in [2.45, 2.75) is 33.5 Å². The number of hydrogen-bond acceptors (Lipinski definition) is 7. The number of aryl methyl sites for hydroxylation is 1. The zero-order valence-electron chi connectivity index (χ0n) is 25.9. The minimum Gasteiger partial charge on any atom is -0.438 e. The average Bonchev–Trinajstić information content (AvgIpc) is 3.69. The molecule has 5 aromatic rings. The number of imide groups is 1. The average molecular weight is 620 g/mol. The molecule has 6 rings (SSSR count). The van der Waals surface area contributed by atoms with Gasteiger partial charge in [0.2, 0.25) is 0 Å². The standard InChI is InChI=1S/C35H33N5O6/c1-5-38(6-2)18-22-10-9-11-23(16-22)35(43)46-21(3)39-20-28(25-12-7-8-13-29(25)39)32-31(33(41)36-34(32)42)27-19-37(4)30-17-24(40(44)45)14-15-26(27)30/h7-17,19-21H,5-6,18H2,1-4H3,(H,36,41,42). The second-order valence-electron chi connectivity index (χ2n) is 11.3. The van der Waals surface area contributed by atoms with Crippen molar-refractivity contribution >= 4 is 56.4 Å². The monoisotopic (exact) mass is 619 g/mol. The number of benzene rings is 3. The van der Waals surface area contributed by atoms with Gasteiger partial charge in [0, 0.05) is 60.0 Å². The van der Waals surface area contributed by atoms with Crippen LogP contribution in [0.25, 0.3) is 33.0 Å². The summed E-state index contributed by atoms with van der Waals surface area (Å²) in [5.74, 6) is -1.60. The van der Waals surface area contributed by atoms with E-state index < -0.39 is 28.9 Å². The lowest BCUT2D eigenvalue weighted by atomic mass is 9.95. The highest BCUT2D eigenvalue weighted by atomic mass is 16.6. The molecule has 46 heavy (non-hydrogen) atoms. The number of carbonyl (C=O) groups is 3. The van der Waals surface area contributed by atoms with Crippen LogP contribution in [0, 0.1) is 10.1 Å². The van der Waals surface area contributed by atoms with Crippen LogP contribution >= 0.6 is 0 Å². The number of nitro benzene ring substituents is 1. The van der Waals surface area contributed by atoms with Gasteiger partial charge in [-0.15, -0.1) is 0 Å². The van der Waals surface area contributed by atoms with Gasteiger partial charge in [-0.1, -0.05) is 44.2 Å². The molecule has 1 atom stereocenters. The normalized spacial score (nSPS) is 14.0. The Kier molecular flexibility index (Phi) is 8.01. The summed E-state index contributed by atoms with van der Waals surface area (Å²) in [4.78, 5) is 53.2. The number of carbonyl (C=O) groups excluding carboxylic acids is 3. The summed E-state index contributed by atoms with van der Waals surface area (Å²) in [5, 5.41) is 15.1. The molecular weight excluding hydrogens is 586 g/mol. The molecule has 234 valence electrons. The number of para-hydroxylation sites is 1. The Balaban J connectivity index is 1.40. The van der Waals surface area contributed by atoms with Gasteiger partial charge in [0.15, 0.2) is 6.23 Å². The molecule has 0 saturated heterocycles. The molecule has 0 saturated carbocycles. The van der Waals surface area contributed by atoms with E-state index >= 15 is 0 Å². The van der Waals surface area contributed by atoms with Crippen molar-refractivity contribution in [2.75, 3.05) is 13.1 Å². The van der Waals surface area contributed by atoms with Crippen molar-refractivity contribution in [3.05, 3.63) is 111 Å². The lowest BCUT2D eigenvalue weighted by Gasteiger charge is -2.19. The molecule has 2 amide bonds. The van der Waals surface area contributed by atoms with Crippen LogP contribution in [0.3, 0.4) is 0 Å². The third-order valence-electron chi connectivity index (χ3n) is 8.53. The van der Waals surface area contributed by atoms with Crippen molar-refractivity contribution in [1.82, 2.24) is 19.4 Å². The highest BCUT2D eigenvalue weighted by Crippen LogP contribution is 2.40. The van der Waals surface area contributed by atoms with E-state index in [1.165, 1.54) is 12.1 Å². The minimum atomic E-state index is -0.750. The van der Waals surface area contributed by atoms with Gasteiger partial charge < -0.3 is 13.9 Å². The van der Waals surface area contributed by atoms with Gasteiger partial charge in [-0.25, -0.2) is 4.79 Å². The maximum atomic E-state index is 13.4. The first-order valence-corrected chi connectivity index (χ1v) is 15.1. The fraction of sp³-hybridized carbons (Fsp3) is 0.229. The number of hydrogen-bond donors (Lipinski definition) is 1. The molecular formula is C35H33N5O6. The van der Waals surface area contributed by atoms with Crippen LogP contribution in [0.1, 0.15) is 54.0 Å². The molecule has 0 radical (unpaired) electrons. The molecule has 3 heterocycles. The first-order valence-electron chi connectivity index (χ1n) is 15.1. The van der Waals surface area contributed by atoms with Crippen LogP contribution < -0.4 is 5.32 Å². The number of aromatic nitrogens is 2. The van der Waals surface area contributed by atoms with Crippen LogP contribution in [0.2, 0.25) is 0 Å². The number of ether oxygens (including phenoxy) is 1. The third kappa shape index (κ3) is 5.34. The van der Waals surface area contributed by atoms with E-state index in [0.29, 0.717) is 38.5 Å². The Morgan fingerprint density at radius 2 is 1.59 bits per heavy atom. The van der Waals surface area contributed by atoms with Crippen molar-refractivity contribution < 1.29 is 24.0 Å². The topological polar surface area (TPSA) is 129 Å². The Morgan fingerprint density at radius 3 is 2.28 bits per heavy atom. The molecule has 1 unspecified atom stereocenters. The maximum absolute atomic E-state index is 13.4. The highest BCUT2D eigenvalue weighted by molar-refractivity contribution is 6.50. The molecule has 0 spiro atoms. The minimum absolute atomic E-state index is 0.0800. The van der Waals surface area contributed by atoms with Crippen molar-refractivity contribution in [3.63, 3.8) is 0 Å². The fourth-order valence-corrected chi connectivity index (χ4v) is 6.14. The number of non-ortho nitro benzene ring substituents is 1. The number of nitrogens with one attached hydrogen (secondary N) is 1. The Bertz CT molecular complexity index is 2080. The lowest BCUT2D eigenvalue weighted by molar-refractivity contribution is -0.384. The quantitative estimate of drug-likeness (QED) is 0.0902. The lowest BCUT2D eigenvalue weighted by Crippen LogP contribution is -2.22. The van der Waals surface area contributed by atoms with Gasteiger partial charge >= 0.3 is 5.97 Å². The molecule has 0 aliphatic carbocycles. The first kappa shape index (κ1) is 30.5. The maximum Gasteiger partial charge on any atom is 0.340 e. The number of esters is 1. The van der Waals surface area contributed by atoms with E-state index in [1.807, 2.05) is 42.5 Å². The SMILES string of the molecule is CCN(CC)Cc1cccc(C(=O)OC(C)n2cc(C3=C(c4cn(C)c5cc([N+](=O)[O-])ccc45)C(=O)NC3=O)c3ccccc32)c1. The molecule has 11 heteroatoms. The van der Waals surface area contributed by atoms with Crippen LogP contribution in [-0.4, -0.2) is 49.8 Å². The molecule has 0 fully saturated rings. The zero-order valence-corrected chi connectivity index (χ0v) is 25.9. The number of fused-ring (bicyclic) bond motifs is 2. The first-order chi connectivity index (χ1) is 22.1. The van der Waals surface area contributed by atoms with E-state index in [0.717, 1.165) is 25.2 Å². The zero-order chi connectivity index (χ0) is 32.7. The fourth-order valence-electron chi connectivity index (χ4n) is 6.14. The van der Waals surface area contributed by atoms with Gasteiger partial charge in [-0.2, -0.15) is 0 Å². The molecule has 11 nitrogen and oxygen atoms in total. The van der Waals surface area contributed by atoms with Gasteiger partial charge in [0.05, 0.1) is 32.7 Å². The van der Waals surface area contributed by atoms with Crippen LogP contribution in [0.4, 0.5) is 5.69 Å². The third-order valence-corrected chi connectivity index (χ3v) is 8.53. The van der Waals surface area contributed by atoms with E-state index in [4.69, 9.17) is 4.74 Å². The van der Waals surface area contributed by atoms with E-state index in [2.05, 4.69) is 24.1 Å². The Hall–Kier alpha value is -5.55. The molecule has 1 aliphatic rings. The molecule has 1 N–H and O–H groups in total. The van der Waals surface area contributed by atoms with Crippen molar-refractivity contribution in [3.8, 4) is 0 Å². The van der Waals surface area contributed by atoms with Crippen LogP contribution in [0.15, 0.2) is 79.1 Å². The number of nitro groups is 1. The van der Waals surface area contributed by atoms with Gasteiger partial charge in [-0.05, 0) is 49.8 Å². The van der Waals surface area contributed by atoms with Gasteiger partial charge in [0.25, 0.3) is 17.5 Å². The summed E-state index contributed by atoms with van der Waals surface area (Å²) in [6.07, 6.45) is 2.67. The predicted octanol–water partition coefficient (Wildman–Crippen LogP) is 5.83. The second-order valence-corrected chi connectivity index (χ2v) is 11.3. The summed E-state index contributed by atoms with van der Waals surface area (Å²) in [6, 6.07) is 19.2. The largest absolute Gasteiger partial charge is 0.438 e. The molecule has 1 aliphatic heterocycles. The van der Waals surface area contributed by atoms with E-state index in [1.54, 1.807) is 47.6 Å². The van der Waals surface area contributed by atoms with Crippen LogP contribution in [-0.2, 0) is 27.9 Å². The highest BCUT2D eigenvalue weighted by Gasteiger charge is 2.36. The summed E-state index contributed by atoms with van der Waals surface area (Å²) >= 11 is 0. The Morgan fingerprint density at radius 1 is 0.913 bits per heavy atom. The van der Waals surface area contributed by atoms with E-state index in [-0.39, 0.29) is 16.8 Å². The van der Waals surface area contributed by atoms with Crippen molar-refractivity contribution in [2.24, 2.45) is 7.05 Å². The predicted molar refractivity (Wildman–Crippen MR) is 175 cm³/mol. The van der Waals surface area contributed by atoms with Crippen molar-refractivity contribution in [1.29, 1.82) is 0 Å². The molecule has 3 aromatic carbocycles. The number of amides is 2. The molecule has 2 aromatic heterocycles. The van der Waals surface area contributed by atoms with Gasteiger partial charge in [0.1, 0.15) is 0 Å². The smallest absolute Gasteiger partial charge is 0.340 e. The summed E-state index contributed by atoms with van der Waals surface area (Å²) in [6.45, 7) is 8.46. The summed E-state index contributed by atoms with van der Waals surface area (Å²) in [7, 11) is 1.73. The summed E-state index contributed by atoms with van der Waals surface area (Å²) < 4.78 is 9.41. The number of nitrogens with zero attached hydrogens (tertiary/aromatic N) is 4. The molecule has 0 bridgehead atoms. The number of rotatable bonds is 10. The Labute approximate surface area is 264 Å². The second kappa shape index (κ2) is 12.1. The van der Waals surface area contributed by atoms with Gasteiger partial charge in [-0.3, -0.25) is 29.9 Å².